The Bertz CT molecular complexity index is 404. The van der Waals surface area contributed by atoms with Gasteiger partial charge in [-0.15, -0.1) is 11.6 Å². The highest BCUT2D eigenvalue weighted by atomic mass is 35.5. The molecule has 1 aliphatic carbocycles. The number of hydrogen-bond donors (Lipinski definition) is 1. The van der Waals surface area contributed by atoms with Gasteiger partial charge in [-0.1, -0.05) is 11.6 Å². The molecule has 0 radical (unpaired) electrons. The second kappa shape index (κ2) is 4.42. The summed E-state index contributed by atoms with van der Waals surface area (Å²) in [5, 5.41) is 3.28. The molecule has 2 nitrogen and oxygen atoms in total. The normalized spacial score (nSPS) is 13.7. The molecule has 1 aliphatic rings. The SMILES string of the molecule is O=C(CCl)Nc1cc2c(cc1Cl)CCC2. The van der Waals surface area contributed by atoms with Crippen LogP contribution < -0.4 is 5.32 Å². The summed E-state index contributed by atoms with van der Waals surface area (Å²) in [4.78, 5) is 11.1. The molecule has 1 amide bonds. The largest absolute Gasteiger partial charge is 0.324 e. The fourth-order valence-electron chi connectivity index (χ4n) is 1.87. The van der Waals surface area contributed by atoms with Crippen LogP contribution in [-0.4, -0.2) is 11.8 Å². The lowest BCUT2D eigenvalue weighted by atomic mass is 10.1. The summed E-state index contributed by atoms with van der Waals surface area (Å²) < 4.78 is 0. The quantitative estimate of drug-likeness (QED) is 0.796. The van der Waals surface area contributed by atoms with Crippen molar-refractivity contribution in [1.29, 1.82) is 0 Å². The minimum Gasteiger partial charge on any atom is -0.324 e. The molecule has 1 N–H and O–H groups in total. The molecular weight excluding hydrogens is 233 g/mol. The van der Waals surface area contributed by atoms with Gasteiger partial charge in [0.25, 0.3) is 0 Å². The van der Waals surface area contributed by atoms with E-state index in [0.29, 0.717) is 10.7 Å². The van der Waals surface area contributed by atoms with Gasteiger partial charge < -0.3 is 5.32 Å². The van der Waals surface area contributed by atoms with Crippen molar-refractivity contribution in [2.45, 2.75) is 19.3 Å². The van der Waals surface area contributed by atoms with Crippen LogP contribution in [0.2, 0.25) is 5.02 Å². The van der Waals surface area contributed by atoms with E-state index in [0.717, 1.165) is 12.8 Å². The number of rotatable bonds is 2. The molecule has 2 rings (SSSR count). The molecule has 0 aromatic heterocycles. The lowest BCUT2D eigenvalue weighted by molar-refractivity contribution is -0.113. The molecule has 0 spiro atoms. The number of anilines is 1. The fraction of sp³-hybridized carbons (Fsp3) is 0.364. The number of hydrogen-bond acceptors (Lipinski definition) is 1. The number of alkyl halides is 1. The molecule has 1 aromatic rings. The highest BCUT2D eigenvalue weighted by Crippen LogP contribution is 2.31. The summed E-state index contributed by atoms with van der Waals surface area (Å²) in [5.74, 6) is -0.274. The molecular formula is C11H11Cl2NO. The van der Waals surface area contributed by atoms with Crippen molar-refractivity contribution in [3.63, 3.8) is 0 Å². The second-order valence-electron chi connectivity index (χ2n) is 3.64. The molecule has 0 unspecified atom stereocenters. The third-order valence-corrected chi connectivity index (χ3v) is 3.13. The van der Waals surface area contributed by atoms with Crippen LogP contribution in [0.4, 0.5) is 5.69 Å². The molecule has 1 aromatic carbocycles. The Hall–Kier alpha value is -0.730. The molecule has 80 valence electrons. The fourth-order valence-corrected chi connectivity index (χ4v) is 2.17. The van der Waals surface area contributed by atoms with Crippen molar-refractivity contribution >= 4 is 34.8 Å². The summed E-state index contributed by atoms with van der Waals surface area (Å²) in [5.41, 5.74) is 3.25. The van der Waals surface area contributed by atoms with Crippen LogP contribution in [-0.2, 0) is 17.6 Å². The molecule has 0 atom stereocenters. The molecule has 0 bridgehead atoms. The Morgan fingerprint density at radius 2 is 2.00 bits per heavy atom. The Labute approximate surface area is 98.6 Å². The highest BCUT2D eigenvalue weighted by molar-refractivity contribution is 6.34. The standard InChI is InChI=1S/C11H11Cl2NO/c12-6-11(15)14-10-5-8-3-1-2-7(8)4-9(10)13/h4-5H,1-3,6H2,(H,14,15). The summed E-state index contributed by atoms with van der Waals surface area (Å²) in [6.45, 7) is 0. The van der Waals surface area contributed by atoms with Gasteiger partial charge in [0.1, 0.15) is 5.88 Å². The monoisotopic (exact) mass is 243 g/mol. The first kappa shape index (κ1) is 10.8. The number of benzene rings is 1. The average Bonchev–Trinajstić information content (AvgIpc) is 2.65. The van der Waals surface area contributed by atoms with Gasteiger partial charge in [-0.25, -0.2) is 0 Å². The van der Waals surface area contributed by atoms with Gasteiger partial charge in [0.15, 0.2) is 0 Å². The third kappa shape index (κ3) is 2.27. The number of halogens is 2. The number of nitrogens with one attached hydrogen (secondary N) is 1. The Morgan fingerprint density at radius 3 is 2.67 bits per heavy atom. The van der Waals surface area contributed by atoms with Crippen molar-refractivity contribution in [3.8, 4) is 0 Å². The number of fused-ring (bicyclic) bond motifs is 1. The van der Waals surface area contributed by atoms with Crippen LogP contribution in [0.1, 0.15) is 17.5 Å². The van der Waals surface area contributed by atoms with Crippen LogP contribution in [0.25, 0.3) is 0 Å². The van der Waals surface area contributed by atoms with E-state index in [4.69, 9.17) is 23.2 Å². The van der Waals surface area contributed by atoms with E-state index >= 15 is 0 Å². The van der Waals surface area contributed by atoms with Crippen molar-refractivity contribution in [2.24, 2.45) is 0 Å². The van der Waals surface area contributed by atoms with E-state index in [1.165, 1.54) is 17.5 Å². The first-order valence-corrected chi connectivity index (χ1v) is 5.79. The first-order chi connectivity index (χ1) is 7.20. The van der Waals surface area contributed by atoms with Crippen LogP contribution in [0.3, 0.4) is 0 Å². The Kier molecular flexibility index (Phi) is 3.17. The zero-order valence-corrected chi connectivity index (χ0v) is 9.66. The minimum atomic E-state index is -0.225. The number of aryl methyl sites for hydroxylation is 2. The number of carbonyl (C=O) groups is 1. The van der Waals surface area contributed by atoms with Crippen molar-refractivity contribution in [1.82, 2.24) is 0 Å². The van der Waals surface area contributed by atoms with Crippen molar-refractivity contribution in [3.05, 3.63) is 28.3 Å². The lowest BCUT2D eigenvalue weighted by Crippen LogP contribution is -2.13. The predicted octanol–water partition coefficient (Wildman–Crippen LogP) is 3.01. The van der Waals surface area contributed by atoms with Gasteiger partial charge in [0, 0.05) is 0 Å². The van der Waals surface area contributed by atoms with Gasteiger partial charge in [0.05, 0.1) is 10.7 Å². The molecule has 15 heavy (non-hydrogen) atoms. The molecule has 0 fully saturated rings. The van der Waals surface area contributed by atoms with Crippen LogP contribution >= 0.6 is 23.2 Å². The maximum Gasteiger partial charge on any atom is 0.239 e. The van der Waals surface area contributed by atoms with E-state index in [1.54, 1.807) is 0 Å². The molecule has 0 heterocycles. The molecule has 4 heteroatoms. The van der Waals surface area contributed by atoms with E-state index in [-0.39, 0.29) is 11.8 Å². The van der Waals surface area contributed by atoms with Gasteiger partial charge in [0.2, 0.25) is 5.91 Å². The third-order valence-electron chi connectivity index (χ3n) is 2.58. The lowest BCUT2D eigenvalue weighted by Gasteiger charge is -2.08. The maximum atomic E-state index is 11.1. The van der Waals surface area contributed by atoms with E-state index in [1.807, 2.05) is 12.1 Å². The number of amides is 1. The average molecular weight is 244 g/mol. The van der Waals surface area contributed by atoms with Gasteiger partial charge in [-0.2, -0.15) is 0 Å². The predicted molar refractivity (Wildman–Crippen MR) is 62.8 cm³/mol. The highest BCUT2D eigenvalue weighted by Gasteiger charge is 2.14. The summed E-state index contributed by atoms with van der Waals surface area (Å²) in [6.07, 6.45) is 3.31. The topological polar surface area (TPSA) is 29.1 Å². The van der Waals surface area contributed by atoms with E-state index in [2.05, 4.69) is 5.32 Å². The zero-order chi connectivity index (χ0) is 10.8. The number of carbonyl (C=O) groups excluding carboxylic acids is 1. The molecule has 0 saturated carbocycles. The van der Waals surface area contributed by atoms with Gasteiger partial charge >= 0.3 is 0 Å². The summed E-state index contributed by atoms with van der Waals surface area (Å²) >= 11 is 11.5. The Balaban J connectivity index is 2.28. The minimum absolute atomic E-state index is 0.0482. The molecule has 0 saturated heterocycles. The maximum absolute atomic E-state index is 11.1. The Morgan fingerprint density at radius 1 is 1.33 bits per heavy atom. The van der Waals surface area contributed by atoms with E-state index < -0.39 is 0 Å². The van der Waals surface area contributed by atoms with Crippen LogP contribution in [0.15, 0.2) is 12.1 Å². The first-order valence-electron chi connectivity index (χ1n) is 4.88. The summed E-state index contributed by atoms with van der Waals surface area (Å²) in [6, 6.07) is 3.89. The van der Waals surface area contributed by atoms with Crippen LogP contribution in [0, 0.1) is 0 Å². The zero-order valence-electron chi connectivity index (χ0n) is 8.15. The van der Waals surface area contributed by atoms with Crippen molar-refractivity contribution in [2.75, 3.05) is 11.2 Å². The van der Waals surface area contributed by atoms with E-state index in [9.17, 15) is 4.79 Å². The van der Waals surface area contributed by atoms with Crippen molar-refractivity contribution < 1.29 is 4.79 Å². The molecule has 0 aliphatic heterocycles. The summed E-state index contributed by atoms with van der Waals surface area (Å²) in [7, 11) is 0. The second-order valence-corrected chi connectivity index (χ2v) is 4.31. The van der Waals surface area contributed by atoms with Gasteiger partial charge in [-0.3, -0.25) is 4.79 Å². The van der Waals surface area contributed by atoms with Gasteiger partial charge in [-0.05, 0) is 42.5 Å². The smallest absolute Gasteiger partial charge is 0.239 e. The van der Waals surface area contributed by atoms with Crippen LogP contribution in [0.5, 0.6) is 0 Å².